The molecule has 1 atom stereocenters. The van der Waals surface area contributed by atoms with E-state index in [1.165, 1.54) is 37.9 Å². The van der Waals surface area contributed by atoms with Gasteiger partial charge in [-0.2, -0.15) is 0 Å². The summed E-state index contributed by atoms with van der Waals surface area (Å²) in [6.07, 6.45) is 6.45. The Bertz CT molecular complexity index is 1070. The molecular weight excluding hydrogens is 417 g/mol. The number of piperidine rings is 1. The summed E-state index contributed by atoms with van der Waals surface area (Å²) in [5, 5.41) is 6.22. The first-order valence-electron chi connectivity index (χ1n) is 11.6. The smallest absolute Gasteiger partial charge is 0.251 e. The lowest BCUT2D eigenvalue weighted by atomic mass is 10.0. The topological polar surface area (TPSA) is 70.2 Å². The molecule has 4 rings (SSSR count). The number of rotatable bonds is 8. The van der Waals surface area contributed by atoms with Crippen molar-refractivity contribution in [2.75, 3.05) is 25.0 Å². The van der Waals surface area contributed by atoms with E-state index in [1.54, 1.807) is 36.5 Å². The summed E-state index contributed by atoms with van der Waals surface area (Å²) in [4.78, 5) is 23.7. The highest BCUT2D eigenvalue weighted by molar-refractivity contribution is 5.94. The van der Waals surface area contributed by atoms with Gasteiger partial charge in [-0.25, -0.2) is 14.4 Å². The highest BCUT2D eigenvalue weighted by Gasteiger charge is 2.17. The summed E-state index contributed by atoms with van der Waals surface area (Å²) >= 11 is 0. The van der Waals surface area contributed by atoms with Crippen LogP contribution < -0.4 is 10.6 Å². The Morgan fingerprint density at radius 2 is 2.00 bits per heavy atom. The molecule has 0 radical (unpaired) electrons. The van der Waals surface area contributed by atoms with Crippen molar-refractivity contribution in [1.82, 2.24) is 20.2 Å². The third-order valence-corrected chi connectivity index (χ3v) is 6.01. The van der Waals surface area contributed by atoms with E-state index in [9.17, 15) is 9.18 Å². The van der Waals surface area contributed by atoms with Crippen LogP contribution in [0.4, 0.5) is 15.9 Å². The molecule has 0 aliphatic carbocycles. The lowest BCUT2D eigenvalue weighted by Gasteiger charge is -2.33. The predicted octanol–water partition coefficient (Wildman–Crippen LogP) is 5.02. The molecule has 33 heavy (non-hydrogen) atoms. The molecule has 6 nitrogen and oxygen atoms in total. The molecule has 2 heterocycles. The molecule has 172 valence electrons. The lowest BCUT2D eigenvalue weighted by Crippen LogP contribution is -2.39. The molecule has 1 saturated heterocycles. The van der Waals surface area contributed by atoms with Gasteiger partial charge in [-0.3, -0.25) is 4.79 Å². The van der Waals surface area contributed by atoms with Crippen LogP contribution in [0, 0.1) is 5.82 Å². The number of hydrogen-bond donors (Lipinski definition) is 2. The molecule has 1 aliphatic heterocycles. The van der Waals surface area contributed by atoms with E-state index in [4.69, 9.17) is 0 Å². The molecule has 0 spiro atoms. The molecule has 1 aliphatic rings. The van der Waals surface area contributed by atoms with Crippen LogP contribution in [-0.4, -0.2) is 46.5 Å². The van der Waals surface area contributed by atoms with Crippen molar-refractivity contribution in [3.05, 3.63) is 72.2 Å². The average Bonchev–Trinajstić information content (AvgIpc) is 2.83. The van der Waals surface area contributed by atoms with Gasteiger partial charge in [0.15, 0.2) is 5.82 Å². The molecule has 2 aromatic carbocycles. The van der Waals surface area contributed by atoms with Gasteiger partial charge < -0.3 is 15.5 Å². The van der Waals surface area contributed by atoms with Crippen LogP contribution in [0.5, 0.6) is 0 Å². The predicted molar refractivity (Wildman–Crippen MR) is 129 cm³/mol. The fourth-order valence-corrected chi connectivity index (χ4v) is 4.12. The van der Waals surface area contributed by atoms with Gasteiger partial charge >= 0.3 is 0 Å². The van der Waals surface area contributed by atoms with Crippen LogP contribution in [0.25, 0.3) is 11.4 Å². The van der Waals surface area contributed by atoms with E-state index in [1.807, 2.05) is 12.1 Å². The van der Waals surface area contributed by atoms with Crippen molar-refractivity contribution in [1.29, 1.82) is 0 Å². The molecule has 0 unspecified atom stereocenters. The van der Waals surface area contributed by atoms with Gasteiger partial charge in [0.25, 0.3) is 5.91 Å². The lowest BCUT2D eigenvalue weighted by molar-refractivity contribution is 0.0949. The van der Waals surface area contributed by atoms with E-state index in [0.717, 1.165) is 18.7 Å². The highest BCUT2D eigenvalue weighted by atomic mass is 19.1. The second-order valence-electron chi connectivity index (χ2n) is 8.47. The second-order valence-corrected chi connectivity index (χ2v) is 8.47. The second kappa shape index (κ2) is 11.0. The zero-order valence-corrected chi connectivity index (χ0v) is 18.9. The standard InChI is InChI=1S/C26H30FN5O/c1-19-6-2-3-16-32(19)17-5-14-29-26(33)20-9-11-23(12-10-20)30-24-13-15-28-25(31-24)21-7-4-8-22(27)18-21/h4,7-13,15,18-19H,2-3,5-6,14,16-17H2,1H3,(H,29,33)(H,28,30,31)/t19-/m1/s1. The first-order valence-corrected chi connectivity index (χ1v) is 11.6. The summed E-state index contributed by atoms with van der Waals surface area (Å²) in [7, 11) is 0. The Hall–Kier alpha value is -3.32. The van der Waals surface area contributed by atoms with Crippen molar-refractivity contribution in [3.8, 4) is 11.4 Å². The highest BCUT2D eigenvalue weighted by Crippen LogP contribution is 2.20. The fraction of sp³-hybridized carbons (Fsp3) is 0.346. The minimum Gasteiger partial charge on any atom is -0.352 e. The maximum atomic E-state index is 13.5. The van der Waals surface area contributed by atoms with Crippen molar-refractivity contribution in [2.24, 2.45) is 0 Å². The van der Waals surface area contributed by atoms with Gasteiger partial charge in [-0.1, -0.05) is 18.6 Å². The van der Waals surface area contributed by atoms with Gasteiger partial charge in [0.1, 0.15) is 11.6 Å². The number of amides is 1. The molecular formula is C26H30FN5O. The molecule has 0 saturated carbocycles. The monoisotopic (exact) mass is 447 g/mol. The SMILES string of the molecule is C[C@@H]1CCCCN1CCCNC(=O)c1ccc(Nc2ccnc(-c3cccc(F)c3)n2)cc1. The van der Waals surface area contributed by atoms with E-state index in [-0.39, 0.29) is 11.7 Å². The normalized spacial score (nSPS) is 16.4. The summed E-state index contributed by atoms with van der Waals surface area (Å²) in [6, 6.07) is 15.8. The van der Waals surface area contributed by atoms with Crippen molar-refractivity contribution in [3.63, 3.8) is 0 Å². The number of halogens is 1. The van der Waals surface area contributed by atoms with Crippen molar-refractivity contribution < 1.29 is 9.18 Å². The number of aromatic nitrogens is 2. The Morgan fingerprint density at radius 3 is 2.79 bits per heavy atom. The van der Waals surface area contributed by atoms with E-state index < -0.39 is 0 Å². The summed E-state index contributed by atoms with van der Waals surface area (Å²) in [5.74, 6) is 0.635. The van der Waals surface area contributed by atoms with E-state index in [2.05, 4.69) is 32.4 Å². The van der Waals surface area contributed by atoms with Crippen LogP contribution in [0.2, 0.25) is 0 Å². The molecule has 3 aromatic rings. The maximum Gasteiger partial charge on any atom is 0.251 e. The Kier molecular flexibility index (Phi) is 7.62. The van der Waals surface area contributed by atoms with E-state index in [0.29, 0.717) is 35.4 Å². The minimum atomic E-state index is -0.329. The quantitative estimate of drug-likeness (QED) is 0.475. The van der Waals surface area contributed by atoms with Gasteiger partial charge in [0.05, 0.1) is 0 Å². The number of nitrogens with zero attached hydrogens (tertiary/aromatic N) is 3. The summed E-state index contributed by atoms with van der Waals surface area (Å²) in [6.45, 7) is 5.16. The van der Waals surface area contributed by atoms with Crippen LogP contribution in [0.3, 0.4) is 0 Å². The molecule has 7 heteroatoms. The number of benzene rings is 2. The number of hydrogen-bond acceptors (Lipinski definition) is 5. The molecule has 2 N–H and O–H groups in total. The fourth-order valence-electron chi connectivity index (χ4n) is 4.12. The van der Waals surface area contributed by atoms with Gasteiger partial charge in [0.2, 0.25) is 0 Å². The summed E-state index contributed by atoms with van der Waals surface area (Å²) < 4.78 is 13.5. The molecule has 0 bridgehead atoms. The van der Waals surface area contributed by atoms with Crippen molar-refractivity contribution >= 4 is 17.4 Å². The maximum absolute atomic E-state index is 13.5. The largest absolute Gasteiger partial charge is 0.352 e. The third kappa shape index (κ3) is 6.35. The average molecular weight is 448 g/mol. The number of nitrogens with one attached hydrogen (secondary N) is 2. The number of likely N-dealkylation sites (tertiary alicyclic amines) is 1. The Morgan fingerprint density at radius 1 is 1.15 bits per heavy atom. The van der Waals surface area contributed by atoms with Crippen LogP contribution in [0.15, 0.2) is 60.8 Å². The van der Waals surface area contributed by atoms with Crippen LogP contribution in [-0.2, 0) is 0 Å². The van der Waals surface area contributed by atoms with Gasteiger partial charge in [-0.05, 0) is 75.2 Å². The zero-order chi connectivity index (χ0) is 23.0. The minimum absolute atomic E-state index is 0.0660. The van der Waals surface area contributed by atoms with E-state index >= 15 is 0 Å². The Labute approximate surface area is 194 Å². The number of carbonyl (C=O) groups excluding carboxylic acids is 1. The first kappa shape index (κ1) is 22.9. The summed E-state index contributed by atoms with van der Waals surface area (Å²) in [5.41, 5.74) is 2.03. The molecule has 1 amide bonds. The molecule has 1 fully saturated rings. The number of carbonyl (C=O) groups is 1. The van der Waals surface area contributed by atoms with Crippen molar-refractivity contribution in [2.45, 2.75) is 38.6 Å². The third-order valence-electron chi connectivity index (χ3n) is 6.01. The first-order chi connectivity index (χ1) is 16.1. The van der Waals surface area contributed by atoms with Gasteiger partial charge in [-0.15, -0.1) is 0 Å². The molecule has 1 aromatic heterocycles. The van der Waals surface area contributed by atoms with Crippen LogP contribution >= 0.6 is 0 Å². The van der Waals surface area contributed by atoms with Gasteiger partial charge in [0, 0.05) is 42.1 Å². The van der Waals surface area contributed by atoms with Crippen LogP contribution in [0.1, 0.15) is 43.0 Å². The number of anilines is 2. The Balaban J connectivity index is 1.28. The zero-order valence-electron chi connectivity index (χ0n) is 18.9.